The molecule has 17 heavy (non-hydrogen) atoms. The van der Waals surface area contributed by atoms with E-state index in [0.29, 0.717) is 0 Å². The predicted octanol–water partition coefficient (Wildman–Crippen LogP) is 3.03. The zero-order valence-corrected chi connectivity index (χ0v) is 10.2. The summed E-state index contributed by atoms with van der Waals surface area (Å²) < 4.78 is 38.7. The van der Waals surface area contributed by atoms with Crippen LogP contribution in [0.5, 0.6) is 0 Å². The first kappa shape index (κ1) is 14.3. The maximum Gasteiger partial charge on any atom is 0.522 e. The fraction of sp³-hybridized carbons (Fsp3) is 0.455. The second-order valence-electron chi connectivity index (χ2n) is 3.32. The van der Waals surface area contributed by atoms with E-state index in [1.807, 2.05) is 31.3 Å². The van der Waals surface area contributed by atoms with Crippen molar-refractivity contribution in [3.63, 3.8) is 0 Å². The molecule has 96 valence electrons. The Morgan fingerprint density at radius 2 is 1.88 bits per heavy atom. The fourth-order valence-corrected chi connectivity index (χ4v) is 1.96. The van der Waals surface area contributed by atoms with E-state index in [1.165, 1.54) is 11.8 Å². The van der Waals surface area contributed by atoms with Gasteiger partial charge < -0.3 is 5.32 Å². The Morgan fingerprint density at radius 1 is 1.24 bits per heavy atom. The monoisotopic (exact) mass is 265 g/mol. The normalized spacial score (nSPS) is 11.8. The lowest BCUT2D eigenvalue weighted by Gasteiger charge is -2.07. The number of ether oxygens (including phenoxy) is 1. The second-order valence-corrected chi connectivity index (χ2v) is 4.49. The highest BCUT2D eigenvalue weighted by Gasteiger charge is 2.28. The van der Waals surface area contributed by atoms with Crippen LogP contribution in [0.4, 0.5) is 13.2 Å². The van der Waals surface area contributed by atoms with Crippen molar-refractivity contribution in [3.05, 3.63) is 29.8 Å². The van der Waals surface area contributed by atoms with Gasteiger partial charge >= 0.3 is 6.36 Å². The highest BCUT2D eigenvalue weighted by molar-refractivity contribution is 7.99. The van der Waals surface area contributed by atoms with Crippen molar-refractivity contribution in [3.8, 4) is 0 Å². The Morgan fingerprint density at radius 3 is 2.41 bits per heavy atom. The summed E-state index contributed by atoms with van der Waals surface area (Å²) in [5.41, 5.74) is 1.14. The van der Waals surface area contributed by atoms with Crippen LogP contribution in [0.2, 0.25) is 0 Å². The number of rotatable bonds is 6. The lowest BCUT2D eigenvalue weighted by atomic mass is 10.2. The van der Waals surface area contributed by atoms with Gasteiger partial charge in [0.15, 0.2) is 0 Å². The van der Waals surface area contributed by atoms with Gasteiger partial charge in [-0.15, -0.1) is 24.9 Å². The maximum atomic E-state index is 11.7. The first-order valence-electron chi connectivity index (χ1n) is 5.08. The van der Waals surface area contributed by atoms with Crippen molar-refractivity contribution in [2.24, 2.45) is 0 Å². The van der Waals surface area contributed by atoms with Gasteiger partial charge in [0, 0.05) is 17.2 Å². The summed E-state index contributed by atoms with van der Waals surface area (Å²) in [7, 11) is 1.86. The van der Waals surface area contributed by atoms with Gasteiger partial charge in [-0.1, -0.05) is 12.1 Å². The number of hydrogen-bond donors (Lipinski definition) is 1. The molecule has 0 atom stereocenters. The van der Waals surface area contributed by atoms with E-state index in [4.69, 9.17) is 0 Å². The molecular formula is C11H14F3NOS. The third-order valence-electron chi connectivity index (χ3n) is 1.92. The van der Waals surface area contributed by atoms with Gasteiger partial charge in [-0.25, -0.2) is 0 Å². The highest BCUT2D eigenvalue weighted by atomic mass is 32.2. The number of nitrogens with one attached hydrogen (secondary N) is 1. The number of benzene rings is 1. The molecule has 0 spiro atoms. The smallest absolute Gasteiger partial charge is 0.316 e. The zero-order chi connectivity index (χ0) is 12.7. The number of hydrogen-bond acceptors (Lipinski definition) is 3. The molecule has 0 aliphatic rings. The minimum absolute atomic E-state index is 0.283. The summed E-state index contributed by atoms with van der Waals surface area (Å²) in [6, 6.07) is 7.68. The van der Waals surface area contributed by atoms with Crippen molar-refractivity contribution in [1.82, 2.24) is 5.32 Å². The largest absolute Gasteiger partial charge is 0.522 e. The third kappa shape index (κ3) is 6.55. The van der Waals surface area contributed by atoms with Crippen LogP contribution in [0.1, 0.15) is 5.56 Å². The molecule has 0 fully saturated rings. The van der Waals surface area contributed by atoms with E-state index in [0.717, 1.165) is 17.0 Å². The van der Waals surface area contributed by atoms with Gasteiger partial charge in [-0.05, 0) is 24.7 Å². The van der Waals surface area contributed by atoms with Crippen LogP contribution in [-0.2, 0) is 11.3 Å². The first-order valence-corrected chi connectivity index (χ1v) is 6.07. The molecule has 0 unspecified atom stereocenters. The van der Waals surface area contributed by atoms with E-state index in [1.54, 1.807) is 0 Å². The van der Waals surface area contributed by atoms with Crippen LogP contribution in [0.15, 0.2) is 29.2 Å². The van der Waals surface area contributed by atoms with Gasteiger partial charge in [-0.3, -0.25) is 4.74 Å². The predicted molar refractivity (Wildman–Crippen MR) is 61.9 cm³/mol. The lowest BCUT2D eigenvalue weighted by molar-refractivity contribution is -0.322. The second kappa shape index (κ2) is 6.88. The molecule has 1 N–H and O–H groups in total. The number of thioether (sulfide) groups is 1. The summed E-state index contributed by atoms with van der Waals surface area (Å²) in [5.74, 6) is 0.283. The zero-order valence-electron chi connectivity index (χ0n) is 9.38. The van der Waals surface area contributed by atoms with Gasteiger partial charge in [0.05, 0.1) is 6.61 Å². The highest BCUT2D eigenvalue weighted by Crippen LogP contribution is 2.21. The average molecular weight is 265 g/mol. The Labute approximate surface area is 103 Å². The van der Waals surface area contributed by atoms with E-state index in [-0.39, 0.29) is 12.4 Å². The van der Waals surface area contributed by atoms with E-state index < -0.39 is 6.36 Å². The molecular weight excluding hydrogens is 251 g/mol. The molecule has 1 aromatic carbocycles. The molecule has 0 radical (unpaired) electrons. The van der Waals surface area contributed by atoms with Crippen molar-refractivity contribution in [2.45, 2.75) is 17.8 Å². The van der Waals surface area contributed by atoms with E-state index in [9.17, 15) is 13.2 Å². The molecule has 0 bridgehead atoms. The summed E-state index contributed by atoms with van der Waals surface area (Å²) >= 11 is 1.34. The molecule has 0 amide bonds. The van der Waals surface area contributed by atoms with Gasteiger partial charge in [-0.2, -0.15) is 0 Å². The standard InChI is InChI=1S/C11H14F3NOS/c1-15-8-9-2-4-10(5-3-9)17-7-6-16-11(12,13)14/h2-5,15H,6-8H2,1H3. The maximum absolute atomic E-state index is 11.7. The molecule has 0 aliphatic heterocycles. The van der Waals surface area contributed by atoms with Crippen LogP contribution in [0, 0.1) is 0 Å². The van der Waals surface area contributed by atoms with Gasteiger partial charge in [0.25, 0.3) is 0 Å². The Bertz CT molecular complexity index is 326. The van der Waals surface area contributed by atoms with Gasteiger partial charge in [0.2, 0.25) is 0 Å². The number of halogens is 3. The van der Waals surface area contributed by atoms with E-state index in [2.05, 4.69) is 10.1 Å². The van der Waals surface area contributed by atoms with Crippen LogP contribution >= 0.6 is 11.8 Å². The summed E-state index contributed by atoms with van der Waals surface area (Å²) in [6.45, 7) is 0.453. The summed E-state index contributed by atoms with van der Waals surface area (Å²) in [4.78, 5) is 0.940. The minimum Gasteiger partial charge on any atom is -0.316 e. The van der Waals surface area contributed by atoms with Gasteiger partial charge in [0.1, 0.15) is 0 Å². The van der Waals surface area contributed by atoms with Crippen LogP contribution in [0.3, 0.4) is 0 Å². The summed E-state index contributed by atoms with van der Waals surface area (Å²) in [6.07, 6.45) is -4.53. The Balaban J connectivity index is 2.27. The quantitative estimate of drug-likeness (QED) is 0.631. The molecule has 1 aromatic rings. The van der Waals surface area contributed by atoms with Crippen LogP contribution < -0.4 is 5.32 Å². The topological polar surface area (TPSA) is 21.3 Å². The van der Waals surface area contributed by atoms with Crippen molar-refractivity contribution in [2.75, 3.05) is 19.4 Å². The Hall–Kier alpha value is -0.720. The third-order valence-corrected chi connectivity index (χ3v) is 2.90. The van der Waals surface area contributed by atoms with Crippen LogP contribution in [-0.4, -0.2) is 25.8 Å². The molecule has 2 nitrogen and oxygen atoms in total. The fourth-order valence-electron chi connectivity index (χ4n) is 1.22. The number of alkyl halides is 3. The average Bonchev–Trinajstić information content (AvgIpc) is 2.26. The lowest BCUT2D eigenvalue weighted by Crippen LogP contribution is -2.15. The molecule has 1 rings (SSSR count). The summed E-state index contributed by atoms with van der Waals surface area (Å²) in [5, 5.41) is 3.02. The Kier molecular flexibility index (Phi) is 5.80. The molecule has 0 heterocycles. The first-order chi connectivity index (χ1) is 8.01. The van der Waals surface area contributed by atoms with E-state index >= 15 is 0 Å². The molecule has 0 aromatic heterocycles. The van der Waals surface area contributed by atoms with Crippen LogP contribution in [0.25, 0.3) is 0 Å². The molecule has 6 heteroatoms. The minimum atomic E-state index is -4.53. The molecule has 0 saturated carbocycles. The van der Waals surface area contributed by atoms with Crippen molar-refractivity contribution in [1.29, 1.82) is 0 Å². The molecule has 0 saturated heterocycles. The van der Waals surface area contributed by atoms with Crippen molar-refractivity contribution < 1.29 is 17.9 Å². The van der Waals surface area contributed by atoms with Crippen molar-refractivity contribution >= 4 is 11.8 Å². The SMILES string of the molecule is CNCc1ccc(SCCOC(F)(F)F)cc1. The molecule has 0 aliphatic carbocycles.